The third kappa shape index (κ3) is 14.5. The molecule has 6 atom stereocenters. The van der Waals surface area contributed by atoms with Crippen molar-refractivity contribution in [2.75, 3.05) is 13.2 Å². The van der Waals surface area contributed by atoms with E-state index < -0.39 is 108 Å². The molecule has 0 radical (unpaired) electrons. The van der Waals surface area contributed by atoms with Crippen molar-refractivity contribution in [2.45, 2.75) is 109 Å². The number of benzene rings is 1. The van der Waals surface area contributed by atoms with Crippen LogP contribution in [0.15, 0.2) is 24.3 Å². The number of aromatic hydroxyl groups is 1. The second kappa shape index (κ2) is 22.1. The third-order valence-corrected chi connectivity index (χ3v) is 9.05. The molecule has 0 aliphatic carbocycles. The Bertz CT molecular complexity index is 1600. The number of primary amides is 2. The number of imide groups is 1. The number of nitrogens with two attached hydrogens (primary N) is 3. The molecule has 1 saturated heterocycles. The molecule has 1 aliphatic rings. The summed E-state index contributed by atoms with van der Waals surface area (Å²) in [6, 6.07) is -2.05. The number of phenolic OH excluding ortho intramolecular Hbond substituents is 1. The Labute approximate surface area is 324 Å². The second-order valence-corrected chi connectivity index (χ2v) is 14.3. The highest BCUT2D eigenvalue weighted by molar-refractivity contribution is 6.02. The number of likely N-dealkylation sites (tertiary alicyclic amines) is 1. The number of aliphatic hydroxyl groups excluding tert-OH is 1. The van der Waals surface area contributed by atoms with Gasteiger partial charge in [-0.3, -0.25) is 48.5 Å². The number of aliphatic hydroxyl groups is 1. The van der Waals surface area contributed by atoms with Gasteiger partial charge in [0.15, 0.2) is 0 Å². The third-order valence-electron chi connectivity index (χ3n) is 9.05. The van der Waals surface area contributed by atoms with Crippen LogP contribution >= 0.6 is 0 Å². The molecular weight excluding hydrogens is 734 g/mol. The van der Waals surface area contributed by atoms with Crippen LogP contribution in [0.1, 0.15) is 71.8 Å². The van der Waals surface area contributed by atoms with E-state index in [2.05, 4.69) is 26.6 Å². The Morgan fingerprint density at radius 3 is 1.93 bits per heavy atom. The van der Waals surface area contributed by atoms with Crippen LogP contribution in [0.3, 0.4) is 0 Å². The molecule has 1 aromatic carbocycles. The summed E-state index contributed by atoms with van der Waals surface area (Å²) in [5.41, 5.74) is 16.9. The molecule has 310 valence electrons. The predicted octanol–water partition coefficient (Wildman–Crippen LogP) is -3.33. The Hall–Kier alpha value is -5.63. The van der Waals surface area contributed by atoms with E-state index in [1.165, 1.54) is 29.2 Å². The van der Waals surface area contributed by atoms with Crippen molar-refractivity contribution in [2.24, 2.45) is 29.0 Å². The van der Waals surface area contributed by atoms with E-state index in [1.807, 2.05) is 0 Å². The molecule has 0 aromatic heterocycles. The Kier molecular flexibility index (Phi) is 18.3. The summed E-state index contributed by atoms with van der Waals surface area (Å²) in [6.45, 7) is 6.27. The fraction of sp³-hybridized carbons (Fsp3) is 0.583. The standard InChI is InChI=1S/C36H55N9O11/c1-18(2)29(39)34(54)44-35(55)30(19(3)4)43-33(53)25-6-5-14-45(25)36(56)24(16-20-7-9-21(47)10-8-20)42-32(52)23(17-27(38)49)41-31(51)22(11-12-26(37)48)40-28(50)13-15-46/h7-10,18-19,22-25,29-30,46-47H,5-6,11-17,39H2,1-4H3,(H2,37,48)(H2,38,49)(H,40,50)(H,41,51)(H,42,52)(H,43,53)(H,44,54,55)/t22-,23-,24-,25-,29-,30-/m0/s1. The molecule has 0 bridgehead atoms. The highest BCUT2D eigenvalue weighted by Gasteiger charge is 2.40. The molecule has 2 rings (SSSR count). The molecule has 20 heteroatoms. The lowest BCUT2D eigenvalue weighted by atomic mass is 10.0. The van der Waals surface area contributed by atoms with Crippen molar-refractivity contribution >= 4 is 53.2 Å². The first-order valence-electron chi connectivity index (χ1n) is 18.3. The van der Waals surface area contributed by atoms with Gasteiger partial charge < -0.3 is 53.6 Å². The molecule has 9 amide bonds. The summed E-state index contributed by atoms with van der Waals surface area (Å²) >= 11 is 0. The smallest absolute Gasteiger partial charge is 0.249 e. The Morgan fingerprint density at radius 1 is 0.768 bits per heavy atom. The molecule has 1 aromatic rings. The van der Waals surface area contributed by atoms with Crippen molar-refractivity contribution in [3.8, 4) is 5.75 Å². The number of rotatable bonds is 21. The Balaban J connectivity index is 2.39. The van der Waals surface area contributed by atoms with E-state index in [1.54, 1.807) is 27.7 Å². The zero-order chi connectivity index (χ0) is 42.3. The monoisotopic (exact) mass is 789 g/mol. The summed E-state index contributed by atoms with van der Waals surface area (Å²) in [5, 5.41) is 31.0. The van der Waals surface area contributed by atoms with Crippen LogP contribution in [0.5, 0.6) is 5.75 Å². The van der Waals surface area contributed by atoms with Crippen LogP contribution in [-0.2, 0) is 49.6 Å². The first kappa shape index (κ1) is 46.5. The summed E-state index contributed by atoms with van der Waals surface area (Å²) in [6.07, 6.45) is -1.37. The average Bonchev–Trinajstić information content (AvgIpc) is 3.61. The van der Waals surface area contributed by atoms with Gasteiger partial charge in [0.05, 0.1) is 19.1 Å². The van der Waals surface area contributed by atoms with Gasteiger partial charge in [0.2, 0.25) is 53.2 Å². The lowest BCUT2D eigenvalue weighted by molar-refractivity contribution is -0.143. The van der Waals surface area contributed by atoms with Crippen LogP contribution in [-0.4, -0.2) is 118 Å². The number of nitrogens with zero attached hydrogens (tertiary/aromatic N) is 1. The minimum atomic E-state index is -1.68. The van der Waals surface area contributed by atoms with Gasteiger partial charge in [0.1, 0.15) is 36.0 Å². The maximum Gasteiger partial charge on any atom is 0.249 e. The molecule has 0 saturated carbocycles. The molecule has 0 spiro atoms. The van der Waals surface area contributed by atoms with Crippen molar-refractivity contribution < 1.29 is 53.4 Å². The minimum Gasteiger partial charge on any atom is -0.508 e. The van der Waals surface area contributed by atoms with Crippen LogP contribution in [0.2, 0.25) is 0 Å². The van der Waals surface area contributed by atoms with E-state index in [-0.39, 0.29) is 50.3 Å². The zero-order valence-electron chi connectivity index (χ0n) is 32.0. The van der Waals surface area contributed by atoms with Gasteiger partial charge in [-0.1, -0.05) is 39.8 Å². The average molecular weight is 790 g/mol. The molecule has 1 fully saturated rings. The summed E-state index contributed by atoms with van der Waals surface area (Å²) in [4.78, 5) is 118. The van der Waals surface area contributed by atoms with E-state index in [4.69, 9.17) is 22.3 Å². The number of hydrogen-bond donors (Lipinski definition) is 10. The lowest BCUT2D eigenvalue weighted by Crippen LogP contribution is -2.60. The topological polar surface area (TPSA) is 336 Å². The fourth-order valence-corrected chi connectivity index (χ4v) is 5.82. The largest absolute Gasteiger partial charge is 0.508 e. The van der Waals surface area contributed by atoms with Crippen LogP contribution < -0.4 is 43.8 Å². The van der Waals surface area contributed by atoms with Crippen molar-refractivity contribution in [3.63, 3.8) is 0 Å². The number of hydrogen-bond acceptors (Lipinski definition) is 12. The summed E-state index contributed by atoms with van der Waals surface area (Å²) in [5.74, 6) is -8.32. The van der Waals surface area contributed by atoms with E-state index >= 15 is 0 Å². The molecule has 0 unspecified atom stereocenters. The summed E-state index contributed by atoms with van der Waals surface area (Å²) in [7, 11) is 0. The zero-order valence-corrected chi connectivity index (χ0v) is 32.0. The van der Waals surface area contributed by atoms with Crippen molar-refractivity contribution in [1.82, 2.24) is 31.5 Å². The van der Waals surface area contributed by atoms with E-state index in [0.29, 0.717) is 12.0 Å². The lowest BCUT2D eigenvalue weighted by Gasteiger charge is -2.31. The molecule has 1 aliphatic heterocycles. The van der Waals surface area contributed by atoms with Gasteiger partial charge in [0.25, 0.3) is 0 Å². The van der Waals surface area contributed by atoms with Gasteiger partial charge in [-0.25, -0.2) is 0 Å². The molecule has 1 heterocycles. The fourth-order valence-electron chi connectivity index (χ4n) is 5.82. The van der Waals surface area contributed by atoms with Gasteiger partial charge in [-0.05, 0) is 48.8 Å². The number of nitrogens with one attached hydrogen (secondary N) is 5. The number of carbonyl (C=O) groups is 9. The van der Waals surface area contributed by atoms with Crippen LogP contribution in [0, 0.1) is 11.8 Å². The molecular formula is C36H55N9O11. The highest BCUT2D eigenvalue weighted by atomic mass is 16.3. The SMILES string of the molecule is CC(C)[C@H](N)C(=O)NC(=O)[C@@H](NC(=O)[C@@H]1CCCN1C(=O)[C@H](Cc1ccc(O)cc1)NC(=O)[C@H](CC(N)=O)NC(=O)[C@H](CCC(N)=O)NC(=O)CCO)C(C)C. The summed E-state index contributed by atoms with van der Waals surface area (Å²) < 4.78 is 0. The normalized spacial score (nSPS) is 16.5. The molecule has 56 heavy (non-hydrogen) atoms. The van der Waals surface area contributed by atoms with Crippen LogP contribution in [0.4, 0.5) is 0 Å². The predicted molar refractivity (Wildman–Crippen MR) is 199 cm³/mol. The van der Waals surface area contributed by atoms with E-state index in [0.717, 1.165) is 0 Å². The number of amides is 9. The quantitative estimate of drug-likeness (QED) is 0.0585. The maximum atomic E-state index is 14.3. The second-order valence-electron chi connectivity index (χ2n) is 14.3. The molecule has 20 nitrogen and oxygen atoms in total. The van der Waals surface area contributed by atoms with E-state index in [9.17, 15) is 48.3 Å². The minimum absolute atomic E-state index is 0.0743. The van der Waals surface area contributed by atoms with Gasteiger partial charge in [0, 0.05) is 25.8 Å². The number of carbonyl (C=O) groups excluding carboxylic acids is 9. The van der Waals surface area contributed by atoms with Gasteiger partial charge >= 0.3 is 0 Å². The maximum absolute atomic E-state index is 14.3. The first-order valence-corrected chi connectivity index (χ1v) is 18.3. The van der Waals surface area contributed by atoms with Crippen molar-refractivity contribution in [1.29, 1.82) is 0 Å². The first-order chi connectivity index (χ1) is 26.2. The van der Waals surface area contributed by atoms with Crippen LogP contribution in [0.25, 0.3) is 0 Å². The Morgan fingerprint density at radius 2 is 1.38 bits per heavy atom. The molecule has 13 N–H and O–H groups in total. The van der Waals surface area contributed by atoms with Crippen molar-refractivity contribution in [3.05, 3.63) is 29.8 Å². The van der Waals surface area contributed by atoms with Gasteiger partial charge in [-0.2, -0.15) is 0 Å². The highest BCUT2D eigenvalue weighted by Crippen LogP contribution is 2.21. The number of phenols is 1. The van der Waals surface area contributed by atoms with Gasteiger partial charge in [-0.15, -0.1) is 0 Å².